The van der Waals surface area contributed by atoms with Crippen LogP contribution in [0.4, 0.5) is 91.0 Å². The van der Waals surface area contributed by atoms with Crippen LogP contribution in [-0.4, -0.2) is 40.1 Å². The molecule has 28 heteroatoms. The van der Waals surface area contributed by atoms with Crippen molar-refractivity contribution in [2.75, 3.05) is 22.9 Å². The molecule has 8 aromatic rings. The molecule has 9 rings (SSSR count). The highest BCUT2D eigenvalue weighted by molar-refractivity contribution is 5.70. The smallest absolute Gasteiger partial charge is 0.271 e. The average Bonchev–Trinajstić information content (AvgIpc) is 3.45. The number of nitrogens with zero attached hydrogens (tertiary/aromatic N) is 12. The van der Waals surface area contributed by atoms with Crippen LogP contribution in [0, 0.1) is 40.5 Å². The number of nitrogen functional groups attached to an aromatic ring is 4. The van der Waals surface area contributed by atoms with Gasteiger partial charge in [0.25, 0.3) is 22.7 Å². The summed E-state index contributed by atoms with van der Waals surface area (Å²) in [5, 5.41) is 129. The second kappa shape index (κ2) is 21.8. The van der Waals surface area contributed by atoms with Crippen LogP contribution in [0.5, 0.6) is 23.0 Å². The highest BCUT2D eigenvalue weighted by Gasteiger charge is 2.23. The van der Waals surface area contributed by atoms with E-state index in [0.717, 1.165) is 24.3 Å². The third kappa shape index (κ3) is 11.5. The van der Waals surface area contributed by atoms with E-state index in [1.54, 1.807) is 0 Å². The lowest BCUT2D eigenvalue weighted by Crippen LogP contribution is -2.01. The molecular weight excluding hydrogens is 1040 g/mol. The lowest BCUT2D eigenvalue weighted by molar-refractivity contribution is -0.385. The van der Waals surface area contributed by atoms with Gasteiger partial charge in [-0.3, -0.25) is 40.5 Å². The molecule has 8 bridgehead atoms. The fourth-order valence-electron chi connectivity index (χ4n) is 8.53. The first-order chi connectivity index (χ1) is 38.2. The van der Waals surface area contributed by atoms with E-state index in [4.69, 9.17) is 22.9 Å². The van der Waals surface area contributed by atoms with Crippen molar-refractivity contribution in [3.05, 3.63) is 206 Å². The highest BCUT2D eigenvalue weighted by atomic mass is 16.6. The van der Waals surface area contributed by atoms with Crippen molar-refractivity contribution in [3.63, 3.8) is 0 Å². The Morgan fingerprint density at radius 1 is 0.300 bits per heavy atom. The predicted octanol–water partition coefficient (Wildman–Crippen LogP) is 12.8. The Kier molecular flexibility index (Phi) is 14.4. The predicted molar refractivity (Wildman–Crippen MR) is 290 cm³/mol. The van der Waals surface area contributed by atoms with Crippen LogP contribution in [0.3, 0.4) is 0 Å². The van der Waals surface area contributed by atoms with E-state index in [1.165, 1.54) is 97.1 Å². The molecule has 0 atom stereocenters. The monoisotopic (exact) mass is 1080 g/mol. The highest BCUT2D eigenvalue weighted by Crippen LogP contribution is 2.44. The zero-order valence-corrected chi connectivity index (χ0v) is 41.1. The molecule has 0 unspecified atom stereocenters. The van der Waals surface area contributed by atoms with Crippen molar-refractivity contribution in [2.24, 2.45) is 40.9 Å². The Morgan fingerprint density at radius 2 is 0.475 bits per heavy atom. The molecule has 0 radical (unpaired) electrons. The normalized spacial score (nSPS) is 12.4. The van der Waals surface area contributed by atoms with Gasteiger partial charge in [-0.25, -0.2) is 0 Å². The standard InChI is InChI=1S/C52H40N16O12/c53-41-21-37(65(73)74)1-5-45(41)61-57-33-13-25-9-27-15-34(58-62-46-6-2-38(66(75)76)22-42(46)54)17-29(50(27)70)11-31-19-36(60-64-48-8-4-40(68(79)80)24-44(48)56)20-32(52(31)72)12-30-18-35(16-28(51(30)71)10-26(14-33)49(25)69)59-63-47-7-3-39(67(77)78)23-43(47)55/h1-8,13-24,69-72H,9-12,53-56H2. The molecule has 0 saturated heterocycles. The molecule has 0 spiro atoms. The van der Waals surface area contributed by atoms with E-state index in [9.17, 15) is 60.9 Å². The van der Waals surface area contributed by atoms with Gasteiger partial charge in [-0.2, -0.15) is 20.5 Å². The third-order valence-electron chi connectivity index (χ3n) is 12.5. The molecule has 0 aliphatic heterocycles. The second-order valence-electron chi connectivity index (χ2n) is 18.0. The third-order valence-corrected chi connectivity index (χ3v) is 12.5. The van der Waals surface area contributed by atoms with E-state index in [-0.39, 0.29) is 184 Å². The van der Waals surface area contributed by atoms with Gasteiger partial charge in [0.15, 0.2) is 0 Å². The largest absolute Gasteiger partial charge is 0.507 e. The molecule has 12 N–H and O–H groups in total. The summed E-state index contributed by atoms with van der Waals surface area (Å²) in [4.78, 5) is 43.2. The van der Waals surface area contributed by atoms with Crippen molar-refractivity contribution in [2.45, 2.75) is 25.7 Å². The van der Waals surface area contributed by atoms with Gasteiger partial charge in [0, 0.05) is 119 Å². The van der Waals surface area contributed by atoms with Crippen LogP contribution < -0.4 is 22.9 Å². The molecule has 0 heterocycles. The molecule has 28 nitrogen and oxygen atoms in total. The fourth-order valence-corrected chi connectivity index (χ4v) is 8.53. The number of hydrogen-bond acceptors (Lipinski definition) is 24. The first kappa shape index (κ1) is 53.0. The number of fused-ring (bicyclic) bond motifs is 8. The van der Waals surface area contributed by atoms with Gasteiger partial charge in [0.2, 0.25) is 0 Å². The quantitative estimate of drug-likeness (QED) is 0.0244. The summed E-state index contributed by atoms with van der Waals surface area (Å²) in [6.07, 6.45) is -1.08. The van der Waals surface area contributed by atoms with E-state index >= 15 is 0 Å². The Hall–Kier alpha value is -11.8. The van der Waals surface area contributed by atoms with Gasteiger partial charge in [-0.05, 0) is 72.8 Å². The van der Waals surface area contributed by atoms with Crippen molar-refractivity contribution >= 4 is 91.0 Å². The molecule has 400 valence electrons. The van der Waals surface area contributed by atoms with Crippen molar-refractivity contribution in [1.29, 1.82) is 0 Å². The molecule has 0 aromatic heterocycles. The first-order valence-electron chi connectivity index (χ1n) is 23.4. The lowest BCUT2D eigenvalue weighted by atomic mass is 9.90. The molecule has 0 saturated carbocycles. The summed E-state index contributed by atoms with van der Waals surface area (Å²) in [6.45, 7) is 0. The Bertz CT molecular complexity index is 3450. The maximum Gasteiger partial charge on any atom is 0.271 e. The van der Waals surface area contributed by atoms with Gasteiger partial charge in [-0.1, -0.05) is 0 Å². The molecular formula is C52H40N16O12. The number of phenols is 4. The van der Waals surface area contributed by atoms with E-state index in [0.29, 0.717) is 0 Å². The molecule has 80 heavy (non-hydrogen) atoms. The number of rotatable bonds is 12. The molecule has 0 amide bonds. The maximum absolute atomic E-state index is 12.2. The maximum atomic E-state index is 12.2. The van der Waals surface area contributed by atoms with Crippen LogP contribution in [0.15, 0.2) is 162 Å². The summed E-state index contributed by atoms with van der Waals surface area (Å²) in [7, 11) is 0. The van der Waals surface area contributed by atoms with Crippen LogP contribution in [0.25, 0.3) is 0 Å². The number of non-ortho nitro benzene ring substituents is 4. The van der Waals surface area contributed by atoms with E-state index in [1.807, 2.05) is 0 Å². The zero-order valence-electron chi connectivity index (χ0n) is 41.1. The lowest BCUT2D eigenvalue weighted by Gasteiger charge is -2.18. The molecule has 8 aromatic carbocycles. The van der Waals surface area contributed by atoms with Gasteiger partial charge in [0.1, 0.15) is 45.7 Å². The van der Waals surface area contributed by atoms with Crippen LogP contribution >= 0.6 is 0 Å². The number of nitro benzene ring substituents is 4. The number of nitrogens with two attached hydrogens (primary N) is 4. The summed E-state index contributed by atoms with van der Waals surface area (Å²) in [5.41, 5.74) is 24.8. The number of phenolic OH excluding ortho intramolecular Hbond substituents is 4. The van der Waals surface area contributed by atoms with Gasteiger partial charge >= 0.3 is 0 Å². The zero-order chi connectivity index (χ0) is 57.1. The molecule has 1 aliphatic rings. The second-order valence-corrected chi connectivity index (χ2v) is 18.0. The average molecular weight is 1080 g/mol. The van der Waals surface area contributed by atoms with Crippen LogP contribution in [0.2, 0.25) is 0 Å². The minimum absolute atomic E-state index is 0.0656. The van der Waals surface area contributed by atoms with Crippen LogP contribution in [-0.2, 0) is 25.7 Å². The minimum atomic E-state index is -0.629. The van der Waals surface area contributed by atoms with Crippen molar-refractivity contribution < 1.29 is 40.1 Å². The van der Waals surface area contributed by atoms with E-state index < -0.39 is 19.7 Å². The van der Waals surface area contributed by atoms with Crippen LogP contribution in [0.1, 0.15) is 44.5 Å². The Labute approximate surface area is 448 Å². The van der Waals surface area contributed by atoms with Crippen molar-refractivity contribution in [3.8, 4) is 23.0 Å². The van der Waals surface area contributed by atoms with Gasteiger partial charge < -0.3 is 43.4 Å². The van der Waals surface area contributed by atoms with Crippen molar-refractivity contribution in [1.82, 2.24) is 0 Å². The number of benzene rings is 8. The number of aromatic hydroxyl groups is 4. The summed E-state index contributed by atoms with van der Waals surface area (Å²) >= 11 is 0. The fraction of sp³-hybridized carbons (Fsp3) is 0.0769. The van der Waals surface area contributed by atoms with Gasteiger partial charge in [0.05, 0.1) is 65.2 Å². The molecule has 0 fully saturated rings. The topological polar surface area (TPSA) is 456 Å². The summed E-state index contributed by atoms with van der Waals surface area (Å²) in [6, 6.07) is 26.0. The van der Waals surface area contributed by atoms with E-state index in [2.05, 4.69) is 40.9 Å². The van der Waals surface area contributed by atoms with Gasteiger partial charge in [-0.15, -0.1) is 20.5 Å². The Morgan fingerprint density at radius 3 is 0.625 bits per heavy atom. The molecule has 1 aliphatic carbocycles. The summed E-state index contributed by atoms with van der Waals surface area (Å²) < 4.78 is 0. The SMILES string of the molecule is Nc1cc([N+](=O)[O-])ccc1N=Nc1cc2c(O)c(c1)Cc1cc(N=Nc3ccc([N+](=O)[O-])cc3N)cc(c1O)Cc1cc(N=Nc3ccc([N+](=O)[O-])cc3N)cc(c1O)Cc1cc(N=Nc3ccc([N+](=O)[O-])cc3N)cc(c1O)C2. The first-order valence-corrected chi connectivity index (χ1v) is 23.4. The number of hydrogen-bond donors (Lipinski definition) is 8. The minimum Gasteiger partial charge on any atom is -0.507 e. The number of nitro groups is 4. The Balaban J connectivity index is 1.25. The summed E-state index contributed by atoms with van der Waals surface area (Å²) in [5.74, 6) is -1.29. The number of azo groups is 4. The number of anilines is 4.